The topological polar surface area (TPSA) is 33.2 Å². The first kappa shape index (κ1) is 13.7. The lowest BCUT2D eigenvalue weighted by atomic mass is 10.1. The number of pyridine rings is 1. The molecule has 2 heterocycles. The van der Waals surface area contributed by atoms with Crippen LogP contribution in [0.5, 0.6) is 0 Å². The molecule has 0 aliphatic rings. The smallest absolute Gasteiger partial charge is 0.178 e. The van der Waals surface area contributed by atoms with Crippen LogP contribution >= 0.6 is 11.3 Å². The third-order valence-corrected chi connectivity index (χ3v) is 4.15. The minimum Gasteiger partial charge on any atom is -0.370 e. The lowest BCUT2D eigenvalue weighted by Gasteiger charge is -2.26. The third-order valence-electron chi connectivity index (χ3n) is 3.25. The summed E-state index contributed by atoms with van der Waals surface area (Å²) in [5.74, 6) is 0.000775. The van der Waals surface area contributed by atoms with Gasteiger partial charge in [0.05, 0.1) is 11.9 Å². The van der Waals surface area contributed by atoms with Gasteiger partial charge in [-0.05, 0) is 30.5 Å². The summed E-state index contributed by atoms with van der Waals surface area (Å²) in [5, 5.41) is 2.10. The molecule has 0 spiro atoms. The van der Waals surface area contributed by atoms with Gasteiger partial charge in [0.25, 0.3) is 0 Å². The molecule has 0 radical (unpaired) electrons. The van der Waals surface area contributed by atoms with Crippen molar-refractivity contribution in [1.29, 1.82) is 0 Å². The highest BCUT2D eigenvalue weighted by molar-refractivity contribution is 7.09. The molecule has 1 atom stereocenters. The maximum atomic E-state index is 11.2. The molecule has 2 rings (SSSR count). The second-order valence-corrected chi connectivity index (χ2v) is 5.73. The van der Waals surface area contributed by atoms with Gasteiger partial charge in [-0.25, -0.2) is 0 Å². The van der Waals surface area contributed by atoms with E-state index in [-0.39, 0.29) is 5.78 Å². The summed E-state index contributed by atoms with van der Waals surface area (Å²) in [5.41, 5.74) is 1.55. The van der Waals surface area contributed by atoms with Gasteiger partial charge in [0, 0.05) is 31.3 Å². The van der Waals surface area contributed by atoms with Crippen LogP contribution in [0, 0.1) is 0 Å². The molecule has 0 aliphatic heterocycles. The Hall–Kier alpha value is -1.68. The average Bonchev–Trinajstić information content (AvgIpc) is 2.90. The fourth-order valence-corrected chi connectivity index (χ4v) is 2.74. The zero-order valence-corrected chi connectivity index (χ0v) is 12.3. The van der Waals surface area contributed by atoms with E-state index in [1.165, 1.54) is 11.8 Å². The summed E-state index contributed by atoms with van der Waals surface area (Å²) in [6.45, 7) is 3.73. The van der Waals surface area contributed by atoms with Gasteiger partial charge in [0.1, 0.15) is 5.69 Å². The minimum atomic E-state index is 0.000775. The van der Waals surface area contributed by atoms with Crippen molar-refractivity contribution >= 4 is 22.8 Å². The lowest BCUT2D eigenvalue weighted by Crippen LogP contribution is -2.30. The number of carbonyl (C=O) groups is 1. The Balaban J connectivity index is 2.06. The van der Waals surface area contributed by atoms with Gasteiger partial charge in [-0.1, -0.05) is 6.07 Å². The van der Waals surface area contributed by atoms with Gasteiger partial charge < -0.3 is 4.90 Å². The van der Waals surface area contributed by atoms with E-state index in [4.69, 9.17) is 0 Å². The highest BCUT2D eigenvalue weighted by atomic mass is 32.1. The van der Waals surface area contributed by atoms with Crippen molar-refractivity contribution in [2.45, 2.75) is 26.3 Å². The Kier molecular flexibility index (Phi) is 4.32. The van der Waals surface area contributed by atoms with E-state index in [2.05, 4.69) is 41.4 Å². The summed E-state index contributed by atoms with van der Waals surface area (Å²) < 4.78 is 0. The van der Waals surface area contributed by atoms with E-state index in [0.29, 0.717) is 11.7 Å². The number of aromatic nitrogens is 1. The predicted octanol–water partition coefficient (Wildman–Crippen LogP) is 3.41. The highest BCUT2D eigenvalue weighted by Gasteiger charge is 2.12. The number of hydrogen-bond acceptors (Lipinski definition) is 4. The Morgan fingerprint density at radius 3 is 2.74 bits per heavy atom. The van der Waals surface area contributed by atoms with Gasteiger partial charge in [0.15, 0.2) is 5.78 Å². The molecule has 2 aromatic rings. The molecule has 100 valence electrons. The molecule has 0 saturated heterocycles. The molecule has 1 unspecified atom stereocenters. The summed E-state index contributed by atoms with van der Waals surface area (Å²) in [4.78, 5) is 19.0. The number of anilines is 1. The first-order chi connectivity index (χ1) is 9.08. The molecule has 0 aromatic carbocycles. The Morgan fingerprint density at radius 1 is 1.42 bits per heavy atom. The number of ketones is 1. The molecule has 0 saturated carbocycles. The van der Waals surface area contributed by atoms with Crippen LogP contribution in [0.3, 0.4) is 0 Å². The average molecular weight is 274 g/mol. The van der Waals surface area contributed by atoms with E-state index in [1.54, 1.807) is 23.6 Å². The fourth-order valence-electron chi connectivity index (χ4n) is 1.91. The molecule has 0 N–H and O–H groups in total. The van der Waals surface area contributed by atoms with Crippen LogP contribution in [0.15, 0.2) is 35.8 Å². The normalized spacial score (nSPS) is 12.2. The van der Waals surface area contributed by atoms with Crippen LogP contribution in [0.1, 0.15) is 29.2 Å². The van der Waals surface area contributed by atoms with Gasteiger partial charge in [-0.2, -0.15) is 0 Å². The second-order valence-electron chi connectivity index (χ2n) is 4.70. The van der Waals surface area contributed by atoms with Crippen LogP contribution in [0.4, 0.5) is 5.69 Å². The van der Waals surface area contributed by atoms with E-state index in [0.717, 1.165) is 12.1 Å². The van der Waals surface area contributed by atoms with E-state index in [1.807, 2.05) is 6.07 Å². The lowest BCUT2D eigenvalue weighted by molar-refractivity contribution is 0.101. The van der Waals surface area contributed by atoms with Crippen molar-refractivity contribution in [2.75, 3.05) is 11.9 Å². The largest absolute Gasteiger partial charge is 0.370 e. The van der Waals surface area contributed by atoms with E-state index in [9.17, 15) is 4.79 Å². The first-order valence-electron chi connectivity index (χ1n) is 6.30. The molecule has 3 nitrogen and oxygen atoms in total. The number of likely N-dealkylation sites (N-methyl/N-ethyl adjacent to an activating group) is 1. The Morgan fingerprint density at radius 2 is 2.21 bits per heavy atom. The Bertz CT molecular complexity index is 534. The van der Waals surface area contributed by atoms with E-state index < -0.39 is 0 Å². The molecule has 0 amide bonds. The summed E-state index contributed by atoms with van der Waals surface area (Å²) in [7, 11) is 2.06. The van der Waals surface area contributed by atoms with Crippen LogP contribution in [0.25, 0.3) is 0 Å². The standard InChI is InChI=1S/C15H18N2OS/c1-11(9-14-5-4-8-19-14)17(3)13-6-7-15(12(2)18)16-10-13/h4-8,10-11H,9H2,1-3H3. The van der Waals surface area contributed by atoms with Gasteiger partial charge in [-0.15, -0.1) is 11.3 Å². The second kappa shape index (κ2) is 5.97. The zero-order chi connectivity index (χ0) is 13.8. The van der Waals surface area contributed by atoms with Crippen molar-refractivity contribution in [3.05, 3.63) is 46.4 Å². The quantitative estimate of drug-likeness (QED) is 0.783. The minimum absolute atomic E-state index is 0.000775. The Labute approximate surface area is 117 Å². The molecule has 0 aliphatic carbocycles. The summed E-state index contributed by atoms with van der Waals surface area (Å²) >= 11 is 1.78. The highest BCUT2D eigenvalue weighted by Crippen LogP contribution is 2.19. The van der Waals surface area contributed by atoms with Crippen molar-refractivity contribution in [3.8, 4) is 0 Å². The van der Waals surface area contributed by atoms with Crippen LogP contribution < -0.4 is 4.90 Å². The number of thiophene rings is 1. The van der Waals surface area contributed by atoms with Crippen LogP contribution in [-0.2, 0) is 6.42 Å². The number of hydrogen-bond donors (Lipinski definition) is 0. The number of nitrogens with zero attached hydrogens (tertiary/aromatic N) is 2. The van der Waals surface area contributed by atoms with Crippen molar-refractivity contribution in [3.63, 3.8) is 0 Å². The SMILES string of the molecule is CC(=O)c1ccc(N(C)C(C)Cc2cccs2)cn1. The van der Waals surface area contributed by atoms with Crippen molar-refractivity contribution in [1.82, 2.24) is 4.98 Å². The number of Topliss-reactive ketones (excluding diaryl/α,β-unsaturated/α-hetero) is 1. The molecule has 2 aromatic heterocycles. The molecule has 4 heteroatoms. The molecule has 0 fully saturated rings. The van der Waals surface area contributed by atoms with Gasteiger partial charge >= 0.3 is 0 Å². The van der Waals surface area contributed by atoms with Gasteiger partial charge in [-0.3, -0.25) is 9.78 Å². The predicted molar refractivity (Wildman–Crippen MR) is 80.1 cm³/mol. The molecule has 19 heavy (non-hydrogen) atoms. The van der Waals surface area contributed by atoms with Crippen molar-refractivity contribution in [2.24, 2.45) is 0 Å². The molecule has 0 bridgehead atoms. The molecular weight excluding hydrogens is 256 g/mol. The van der Waals surface area contributed by atoms with Gasteiger partial charge in [0.2, 0.25) is 0 Å². The molecular formula is C15H18N2OS. The van der Waals surface area contributed by atoms with Crippen molar-refractivity contribution < 1.29 is 4.79 Å². The van der Waals surface area contributed by atoms with Crippen LogP contribution in [-0.4, -0.2) is 23.9 Å². The van der Waals surface area contributed by atoms with E-state index >= 15 is 0 Å². The zero-order valence-electron chi connectivity index (χ0n) is 11.5. The monoisotopic (exact) mass is 274 g/mol. The maximum Gasteiger partial charge on any atom is 0.178 e. The maximum absolute atomic E-state index is 11.2. The number of carbonyl (C=O) groups excluding carboxylic acids is 1. The summed E-state index contributed by atoms with van der Waals surface area (Å²) in [6, 6.07) is 8.37. The number of rotatable bonds is 5. The fraction of sp³-hybridized carbons (Fsp3) is 0.333. The third kappa shape index (κ3) is 3.41. The van der Waals surface area contributed by atoms with Crippen LogP contribution in [0.2, 0.25) is 0 Å². The summed E-state index contributed by atoms with van der Waals surface area (Å²) in [6.07, 6.45) is 2.78. The first-order valence-corrected chi connectivity index (χ1v) is 7.18.